The maximum absolute atomic E-state index is 6.02. The van der Waals surface area contributed by atoms with Crippen LogP contribution in [0.5, 0.6) is 0 Å². The molecule has 1 fully saturated rings. The van der Waals surface area contributed by atoms with Gasteiger partial charge >= 0.3 is 0 Å². The Morgan fingerprint density at radius 1 is 0.886 bits per heavy atom. The molecule has 0 radical (unpaired) electrons. The topological polar surface area (TPSA) is 52.8 Å². The summed E-state index contributed by atoms with van der Waals surface area (Å²) in [5.74, 6) is 1.71. The molecule has 3 aromatic carbocycles. The first-order valence-corrected chi connectivity index (χ1v) is 13.0. The fourth-order valence-electron chi connectivity index (χ4n) is 4.59. The van der Waals surface area contributed by atoms with Gasteiger partial charge in [-0.25, -0.2) is 4.98 Å². The summed E-state index contributed by atoms with van der Waals surface area (Å²) in [4.78, 5) is 4.96. The van der Waals surface area contributed by atoms with E-state index in [9.17, 15) is 0 Å². The summed E-state index contributed by atoms with van der Waals surface area (Å²) in [5, 5.41) is 11.4. The predicted molar refractivity (Wildman–Crippen MR) is 141 cm³/mol. The van der Waals surface area contributed by atoms with Crippen LogP contribution in [0.3, 0.4) is 0 Å². The zero-order valence-corrected chi connectivity index (χ0v) is 20.2. The molecular formula is C29H26N4OS. The van der Waals surface area contributed by atoms with Gasteiger partial charge in [0.2, 0.25) is 0 Å². The van der Waals surface area contributed by atoms with Gasteiger partial charge in [-0.2, -0.15) is 0 Å². The van der Waals surface area contributed by atoms with E-state index in [0.717, 1.165) is 70.5 Å². The minimum Gasteiger partial charge on any atom is -0.376 e. The van der Waals surface area contributed by atoms with Gasteiger partial charge in [0.05, 0.1) is 23.9 Å². The van der Waals surface area contributed by atoms with Crippen LogP contribution in [0.15, 0.2) is 96.2 Å². The molecule has 6 rings (SSSR count). The molecule has 6 heteroatoms. The van der Waals surface area contributed by atoms with Gasteiger partial charge in [-0.1, -0.05) is 90.6 Å². The third-order valence-electron chi connectivity index (χ3n) is 6.36. The molecule has 174 valence electrons. The van der Waals surface area contributed by atoms with Crippen LogP contribution >= 0.6 is 11.8 Å². The van der Waals surface area contributed by atoms with E-state index in [4.69, 9.17) is 14.8 Å². The molecule has 1 saturated heterocycles. The van der Waals surface area contributed by atoms with Gasteiger partial charge in [0.1, 0.15) is 0 Å². The Balaban J connectivity index is 1.45. The van der Waals surface area contributed by atoms with Crippen LogP contribution in [0.25, 0.3) is 33.5 Å². The molecule has 5 nitrogen and oxygen atoms in total. The fraction of sp³-hybridized carbons (Fsp3) is 0.207. The second-order valence-electron chi connectivity index (χ2n) is 8.76. The molecule has 0 N–H and O–H groups in total. The monoisotopic (exact) mass is 478 g/mol. The molecule has 35 heavy (non-hydrogen) atoms. The van der Waals surface area contributed by atoms with Gasteiger partial charge in [0, 0.05) is 28.9 Å². The Morgan fingerprint density at radius 2 is 1.66 bits per heavy atom. The number of benzene rings is 3. The zero-order valence-electron chi connectivity index (χ0n) is 19.4. The van der Waals surface area contributed by atoms with E-state index in [0.29, 0.717) is 0 Å². The first kappa shape index (κ1) is 22.0. The summed E-state index contributed by atoms with van der Waals surface area (Å²) in [6.45, 7) is 1.57. The minimum atomic E-state index is 0.183. The predicted octanol–water partition coefficient (Wildman–Crippen LogP) is 6.63. The minimum absolute atomic E-state index is 0.183. The van der Waals surface area contributed by atoms with Crippen LogP contribution in [0.4, 0.5) is 0 Å². The molecule has 2 aromatic heterocycles. The van der Waals surface area contributed by atoms with Crippen LogP contribution in [-0.2, 0) is 17.0 Å². The Hall–Kier alpha value is -3.48. The van der Waals surface area contributed by atoms with Crippen molar-refractivity contribution < 1.29 is 4.74 Å². The lowest BCUT2D eigenvalue weighted by molar-refractivity contribution is 0.0953. The number of hydrogen-bond acceptors (Lipinski definition) is 5. The van der Waals surface area contributed by atoms with E-state index in [2.05, 4.69) is 70.3 Å². The quantitative estimate of drug-likeness (QED) is 0.246. The van der Waals surface area contributed by atoms with Crippen molar-refractivity contribution in [3.05, 3.63) is 96.6 Å². The van der Waals surface area contributed by atoms with Crippen LogP contribution in [-0.4, -0.2) is 32.5 Å². The van der Waals surface area contributed by atoms with Crippen LogP contribution in [0.2, 0.25) is 0 Å². The first-order chi connectivity index (χ1) is 17.3. The molecular weight excluding hydrogens is 452 g/mol. The largest absolute Gasteiger partial charge is 0.376 e. The Labute approximate surface area is 209 Å². The van der Waals surface area contributed by atoms with Crippen molar-refractivity contribution in [2.75, 3.05) is 6.61 Å². The van der Waals surface area contributed by atoms with Crippen LogP contribution in [0, 0.1) is 0 Å². The molecule has 0 spiro atoms. The summed E-state index contributed by atoms with van der Waals surface area (Å²) >= 11 is 1.72. The van der Waals surface area contributed by atoms with Gasteiger partial charge in [-0.05, 0) is 30.5 Å². The highest BCUT2D eigenvalue weighted by Gasteiger charge is 2.23. The van der Waals surface area contributed by atoms with Crippen molar-refractivity contribution in [1.29, 1.82) is 0 Å². The van der Waals surface area contributed by atoms with Gasteiger partial charge in [0.25, 0.3) is 0 Å². The molecule has 0 bridgehead atoms. The standard InChI is InChI=1S/C29H26N4OS/c1-3-10-21(11-4-1)20-35-29-32-31-28(33(29)19-23-14-9-17-34-23)25-18-27(22-12-5-2-6-13-22)30-26-16-8-7-15-24(25)26/h1-8,10-13,15-16,18,23H,9,14,17,19-20H2/t23-/m1/s1. The van der Waals surface area contributed by atoms with E-state index in [1.54, 1.807) is 11.8 Å². The lowest BCUT2D eigenvalue weighted by Gasteiger charge is -2.16. The molecule has 1 aliphatic rings. The number of aromatic nitrogens is 4. The van der Waals surface area contributed by atoms with E-state index in [-0.39, 0.29) is 6.10 Å². The lowest BCUT2D eigenvalue weighted by Crippen LogP contribution is -2.16. The highest BCUT2D eigenvalue weighted by Crippen LogP contribution is 2.34. The second-order valence-corrected chi connectivity index (χ2v) is 9.71. The summed E-state index contributed by atoms with van der Waals surface area (Å²) in [5.41, 5.74) is 5.29. The lowest BCUT2D eigenvalue weighted by atomic mass is 10.0. The van der Waals surface area contributed by atoms with E-state index in [1.807, 2.05) is 30.3 Å². The number of fused-ring (bicyclic) bond motifs is 1. The Bertz CT molecular complexity index is 1430. The second kappa shape index (κ2) is 10.0. The Morgan fingerprint density at radius 3 is 2.46 bits per heavy atom. The number of pyridine rings is 1. The highest BCUT2D eigenvalue weighted by molar-refractivity contribution is 7.98. The average molecular weight is 479 g/mol. The summed E-state index contributed by atoms with van der Waals surface area (Å²) in [6.07, 6.45) is 2.35. The number of para-hydroxylation sites is 1. The van der Waals surface area contributed by atoms with Gasteiger partial charge in [-0.15, -0.1) is 10.2 Å². The number of ether oxygens (including phenoxy) is 1. The number of hydrogen-bond donors (Lipinski definition) is 0. The summed E-state index contributed by atoms with van der Waals surface area (Å²) < 4.78 is 8.27. The zero-order chi connectivity index (χ0) is 23.5. The SMILES string of the molecule is c1ccc(CSc2nnc(-c3cc(-c4ccccc4)nc4ccccc34)n2C[C@H]2CCCO2)cc1. The molecule has 3 heterocycles. The van der Waals surface area contributed by atoms with Gasteiger partial charge < -0.3 is 4.74 Å². The van der Waals surface area contributed by atoms with E-state index >= 15 is 0 Å². The third-order valence-corrected chi connectivity index (χ3v) is 7.40. The maximum atomic E-state index is 6.02. The van der Waals surface area contributed by atoms with Crippen molar-refractivity contribution in [1.82, 2.24) is 19.7 Å². The summed E-state index contributed by atoms with van der Waals surface area (Å²) in [6, 6.07) is 31.2. The molecule has 1 aliphatic heterocycles. The van der Waals surface area contributed by atoms with Crippen molar-refractivity contribution in [2.45, 2.75) is 36.4 Å². The average Bonchev–Trinajstić information content (AvgIpc) is 3.58. The van der Waals surface area contributed by atoms with Gasteiger partial charge in [-0.3, -0.25) is 4.57 Å². The van der Waals surface area contributed by atoms with E-state index in [1.165, 1.54) is 5.56 Å². The molecule has 0 unspecified atom stereocenters. The smallest absolute Gasteiger partial charge is 0.191 e. The van der Waals surface area contributed by atoms with Crippen molar-refractivity contribution in [3.8, 4) is 22.6 Å². The molecule has 0 saturated carbocycles. The fourth-order valence-corrected chi connectivity index (χ4v) is 5.49. The van der Waals surface area contributed by atoms with Crippen LogP contribution < -0.4 is 0 Å². The normalized spacial score (nSPS) is 15.6. The highest BCUT2D eigenvalue weighted by atomic mass is 32.2. The Kier molecular flexibility index (Phi) is 6.30. The number of nitrogens with zero attached hydrogens (tertiary/aromatic N) is 4. The number of rotatable bonds is 7. The maximum Gasteiger partial charge on any atom is 0.191 e. The molecule has 0 amide bonds. The first-order valence-electron chi connectivity index (χ1n) is 12.0. The molecule has 5 aromatic rings. The third kappa shape index (κ3) is 4.72. The summed E-state index contributed by atoms with van der Waals surface area (Å²) in [7, 11) is 0. The van der Waals surface area contributed by atoms with Crippen molar-refractivity contribution in [2.24, 2.45) is 0 Å². The van der Waals surface area contributed by atoms with Gasteiger partial charge in [0.15, 0.2) is 11.0 Å². The number of thioether (sulfide) groups is 1. The molecule has 0 aliphatic carbocycles. The molecule has 1 atom stereocenters. The van der Waals surface area contributed by atoms with Crippen molar-refractivity contribution >= 4 is 22.7 Å². The van der Waals surface area contributed by atoms with E-state index < -0.39 is 0 Å². The van der Waals surface area contributed by atoms with Crippen LogP contribution in [0.1, 0.15) is 18.4 Å². The van der Waals surface area contributed by atoms with Crippen molar-refractivity contribution in [3.63, 3.8) is 0 Å².